The summed E-state index contributed by atoms with van der Waals surface area (Å²) in [6.45, 7) is 6.06. The van der Waals surface area contributed by atoms with Crippen molar-refractivity contribution < 1.29 is 4.74 Å². The fourth-order valence-electron chi connectivity index (χ4n) is 1.85. The van der Waals surface area contributed by atoms with Crippen molar-refractivity contribution >= 4 is 10.9 Å². The first-order valence-corrected chi connectivity index (χ1v) is 5.39. The van der Waals surface area contributed by atoms with E-state index in [0.717, 1.165) is 17.0 Å². The normalized spacial score (nSPS) is 12.1. The van der Waals surface area contributed by atoms with Crippen molar-refractivity contribution in [1.82, 2.24) is 4.98 Å². The Bertz CT molecular complexity index is 520. The molecule has 2 rings (SSSR count). The minimum absolute atomic E-state index is 0.365. The van der Waals surface area contributed by atoms with Gasteiger partial charge in [0, 0.05) is 11.1 Å². The number of hydrogen-bond donors (Lipinski definition) is 2. The van der Waals surface area contributed by atoms with Crippen molar-refractivity contribution in [2.45, 2.75) is 26.3 Å². The molecule has 16 heavy (non-hydrogen) atoms. The minimum atomic E-state index is -0.365. The second kappa shape index (κ2) is 3.52. The average Bonchev–Trinajstić information content (AvgIpc) is 2.63. The molecule has 3 nitrogen and oxygen atoms in total. The van der Waals surface area contributed by atoms with Crippen LogP contribution < -0.4 is 10.5 Å². The predicted octanol–water partition coefficient (Wildman–Crippen LogP) is 2.68. The monoisotopic (exact) mass is 218 g/mol. The predicted molar refractivity (Wildman–Crippen MR) is 66.8 cm³/mol. The van der Waals surface area contributed by atoms with E-state index in [4.69, 9.17) is 10.5 Å². The lowest BCUT2D eigenvalue weighted by Gasteiger charge is -2.16. The number of aromatic amines is 1. The Morgan fingerprint density at radius 2 is 2.00 bits per heavy atom. The molecule has 1 aromatic heterocycles. The first kappa shape index (κ1) is 11.0. The summed E-state index contributed by atoms with van der Waals surface area (Å²) in [5, 5.41) is 1.17. The molecule has 0 saturated heterocycles. The lowest BCUT2D eigenvalue weighted by atomic mass is 10.0. The average molecular weight is 218 g/mol. The van der Waals surface area contributed by atoms with Crippen LogP contribution in [0.4, 0.5) is 0 Å². The molecule has 0 radical (unpaired) electrons. The van der Waals surface area contributed by atoms with E-state index in [1.807, 2.05) is 19.9 Å². The maximum Gasteiger partial charge on any atom is 0.142 e. The van der Waals surface area contributed by atoms with Gasteiger partial charge in [0.05, 0.1) is 18.2 Å². The van der Waals surface area contributed by atoms with E-state index in [2.05, 4.69) is 24.0 Å². The Morgan fingerprint density at radius 1 is 1.31 bits per heavy atom. The summed E-state index contributed by atoms with van der Waals surface area (Å²) in [4.78, 5) is 3.35. The summed E-state index contributed by atoms with van der Waals surface area (Å²) in [6.07, 6.45) is 0. The van der Waals surface area contributed by atoms with Crippen molar-refractivity contribution in [3.05, 3.63) is 29.5 Å². The van der Waals surface area contributed by atoms with E-state index in [1.54, 1.807) is 7.11 Å². The molecule has 2 aromatic rings. The van der Waals surface area contributed by atoms with Crippen molar-refractivity contribution in [3.8, 4) is 5.75 Å². The van der Waals surface area contributed by atoms with Crippen molar-refractivity contribution in [2.75, 3.05) is 7.11 Å². The molecule has 0 fully saturated rings. The topological polar surface area (TPSA) is 51.0 Å². The number of methoxy groups -OCH3 is 1. The Balaban J connectivity index is 2.73. The lowest BCUT2D eigenvalue weighted by molar-refractivity contribution is 0.418. The van der Waals surface area contributed by atoms with Crippen LogP contribution in [0.15, 0.2) is 18.2 Å². The number of nitrogens with two attached hydrogens (primary N) is 1. The van der Waals surface area contributed by atoms with Gasteiger partial charge in [0.25, 0.3) is 0 Å². The number of aromatic nitrogens is 1. The number of ether oxygens (including phenoxy) is 1. The molecule has 0 saturated carbocycles. The zero-order chi connectivity index (χ0) is 11.9. The van der Waals surface area contributed by atoms with Gasteiger partial charge in [-0.05, 0) is 38.5 Å². The molecule has 3 N–H and O–H groups in total. The Labute approximate surface area is 95.6 Å². The van der Waals surface area contributed by atoms with E-state index >= 15 is 0 Å². The van der Waals surface area contributed by atoms with Crippen LogP contribution in [0.3, 0.4) is 0 Å². The molecule has 0 spiro atoms. The van der Waals surface area contributed by atoms with Crippen LogP contribution in [0.5, 0.6) is 5.75 Å². The summed E-state index contributed by atoms with van der Waals surface area (Å²) < 4.78 is 5.34. The molecule has 86 valence electrons. The number of rotatable bonds is 2. The summed E-state index contributed by atoms with van der Waals surface area (Å²) in [7, 11) is 1.68. The highest BCUT2D eigenvalue weighted by Gasteiger charge is 2.18. The van der Waals surface area contributed by atoms with Gasteiger partial charge in [0.15, 0.2) is 0 Å². The molecule has 0 aliphatic heterocycles. The smallest absolute Gasteiger partial charge is 0.142 e. The van der Waals surface area contributed by atoms with E-state index in [0.29, 0.717) is 0 Å². The van der Waals surface area contributed by atoms with Gasteiger partial charge in [-0.15, -0.1) is 0 Å². The highest BCUT2D eigenvalue weighted by Crippen LogP contribution is 2.31. The highest BCUT2D eigenvalue weighted by atomic mass is 16.5. The van der Waals surface area contributed by atoms with Gasteiger partial charge in [-0.2, -0.15) is 0 Å². The molecule has 0 atom stereocenters. The number of hydrogen-bond acceptors (Lipinski definition) is 2. The second-order valence-electron chi connectivity index (χ2n) is 4.78. The van der Waals surface area contributed by atoms with Gasteiger partial charge in [0.2, 0.25) is 0 Å². The third-order valence-corrected chi connectivity index (χ3v) is 2.89. The van der Waals surface area contributed by atoms with Crippen LogP contribution in [0.1, 0.15) is 25.1 Å². The van der Waals surface area contributed by atoms with Crippen LogP contribution in [-0.2, 0) is 5.54 Å². The molecule has 3 heteroatoms. The number of nitrogens with one attached hydrogen (secondary N) is 1. The van der Waals surface area contributed by atoms with Gasteiger partial charge in [-0.3, -0.25) is 0 Å². The fourth-order valence-corrected chi connectivity index (χ4v) is 1.85. The van der Waals surface area contributed by atoms with Gasteiger partial charge < -0.3 is 15.5 Å². The van der Waals surface area contributed by atoms with Crippen LogP contribution in [0.25, 0.3) is 10.9 Å². The van der Waals surface area contributed by atoms with E-state index in [-0.39, 0.29) is 5.54 Å². The van der Waals surface area contributed by atoms with Crippen molar-refractivity contribution in [2.24, 2.45) is 5.73 Å². The second-order valence-corrected chi connectivity index (χ2v) is 4.78. The van der Waals surface area contributed by atoms with E-state index < -0.39 is 0 Å². The molecular weight excluding hydrogens is 200 g/mol. The molecule has 1 aromatic carbocycles. The highest BCUT2D eigenvalue weighted by molar-refractivity contribution is 5.89. The molecule has 0 bridgehead atoms. The van der Waals surface area contributed by atoms with Gasteiger partial charge in [-0.25, -0.2) is 0 Å². The standard InChI is InChI=1S/C13H18N2O/c1-8-5-6-10(16-4)12-9(8)7-11(15-12)13(2,3)14/h5-7,15H,14H2,1-4H3. The maximum absolute atomic E-state index is 6.09. The quantitative estimate of drug-likeness (QED) is 0.814. The molecule has 0 aliphatic carbocycles. The zero-order valence-electron chi connectivity index (χ0n) is 10.2. The largest absolute Gasteiger partial charge is 0.495 e. The van der Waals surface area contributed by atoms with E-state index in [9.17, 15) is 0 Å². The van der Waals surface area contributed by atoms with Crippen LogP contribution >= 0.6 is 0 Å². The number of H-pyrrole nitrogens is 1. The summed E-state index contributed by atoms with van der Waals surface area (Å²) in [5.41, 5.74) is 9.00. The molecule has 1 heterocycles. The van der Waals surface area contributed by atoms with Crippen LogP contribution in [0, 0.1) is 6.92 Å². The molecule has 0 aliphatic rings. The van der Waals surface area contributed by atoms with Gasteiger partial charge in [0.1, 0.15) is 5.75 Å². The maximum atomic E-state index is 6.09. The van der Waals surface area contributed by atoms with Crippen LogP contribution in [0.2, 0.25) is 0 Å². The minimum Gasteiger partial charge on any atom is -0.495 e. The fraction of sp³-hybridized carbons (Fsp3) is 0.385. The van der Waals surface area contributed by atoms with Gasteiger partial charge >= 0.3 is 0 Å². The molecule has 0 unspecified atom stereocenters. The van der Waals surface area contributed by atoms with Crippen molar-refractivity contribution in [1.29, 1.82) is 0 Å². The summed E-state index contributed by atoms with van der Waals surface area (Å²) in [5.74, 6) is 0.858. The lowest BCUT2D eigenvalue weighted by Crippen LogP contribution is -2.28. The third kappa shape index (κ3) is 1.67. The van der Waals surface area contributed by atoms with Gasteiger partial charge in [-0.1, -0.05) is 6.07 Å². The van der Waals surface area contributed by atoms with Crippen LogP contribution in [-0.4, -0.2) is 12.1 Å². The number of fused-ring (bicyclic) bond motifs is 1. The first-order valence-electron chi connectivity index (χ1n) is 5.39. The SMILES string of the molecule is COc1ccc(C)c2cc(C(C)(C)N)[nH]c12. The summed E-state index contributed by atoms with van der Waals surface area (Å²) >= 11 is 0. The molecule has 0 amide bonds. The molecular formula is C13H18N2O. The van der Waals surface area contributed by atoms with E-state index in [1.165, 1.54) is 10.9 Å². The zero-order valence-corrected chi connectivity index (χ0v) is 10.2. The third-order valence-electron chi connectivity index (χ3n) is 2.89. The Kier molecular flexibility index (Phi) is 2.43. The summed E-state index contributed by atoms with van der Waals surface area (Å²) in [6, 6.07) is 6.14. The number of benzene rings is 1. The number of aryl methyl sites for hydroxylation is 1. The Morgan fingerprint density at radius 3 is 2.56 bits per heavy atom. The van der Waals surface area contributed by atoms with Crippen molar-refractivity contribution in [3.63, 3.8) is 0 Å². The Hall–Kier alpha value is -1.48. The first-order chi connectivity index (χ1) is 7.43.